The minimum absolute atomic E-state index is 0.546. The van der Waals surface area contributed by atoms with Crippen LogP contribution in [0, 0.1) is 5.92 Å². The van der Waals surface area contributed by atoms with Gasteiger partial charge in [0.05, 0.1) is 14.2 Å². The van der Waals surface area contributed by atoms with Crippen molar-refractivity contribution in [2.75, 3.05) is 21.3 Å². The fourth-order valence-corrected chi connectivity index (χ4v) is 2.57. The van der Waals surface area contributed by atoms with Crippen LogP contribution in [0.1, 0.15) is 18.9 Å². The highest BCUT2D eigenvalue weighted by Gasteiger charge is 2.33. The van der Waals surface area contributed by atoms with Crippen molar-refractivity contribution in [3.63, 3.8) is 0 Å². The maximum Gasteiger partial charge on any atom is 0.191 e. The number of hydrogen-bond donors (Lipinski definition) is 2. The van der Waals surface area contributed by atoms with E-state index in [0.717, 1.165) is 27.7 Å². The van der Waals surface area contributed by atoms with Crippen LogP contribution in [0.4, 0.5) is 0 Å². The third kappa shape index (κ3) is 4.03. The second kappa shape index (κ2) is 7.02. The SMILES string of the molecule is CN=C(NCc1cc(OC)c(OC)cc1Br)NC1CC1C. The molecule has 0 aromatic heterocycles. The van der Waals surface area contributed by atoms with E-state index in [1.165, 1.54) is 6.42 Å². The second-order valence-corrected chi connectivity index (χ2v) is 6.04. The quantitative estimate of drug-likeness (QED) is 0.629. The van der Waals surface area contributed by atoms with Crippen LogP contribution in [0.3, 0.4) is 0 Å². The van der Waals surface area contributed by atoms with Crippen molar-refractivity contribution in [3.8, 4) is 11.5 Å². The van der Waals surface area contributed by atoms with E-state index in [9.17, 15) is 0 Å². The number of nitrogens with zero attached hydrogens (tertiary/aromatic N) is 1. The Hall–Kier alpha value is -1.43. The summed E-state index contributed by atoms with van der Waals surface area (Å²) in [4.78, 5) is 4.25. The van der Waals surface area contributed by atoms with Gasteiger partial charge < -0.3 is 20.1 Å². The van der Waals surface area contributed by atoms with Crippen LogP contribution < -0.4 is 20.1 Å². The third-order valence-corrected chi connectivity index (χ3v) is 4.39. The molecule has 1 fully saturated rings. The molecule has 0 bridgehead atoms. The van der Waals surface area contributed by atoms with Crippen LogP contribution in [0.2, 0.25) is 0 Å². The van der Waals surface area contributed by atoms with Crippen molar-refractivity contribution in [2.45, 2.75) is 25.9 Å². The minimum atomic E-state index is 0.546. The van der Waals surface area contributed by atoms with Crippen molar-refractivity contribution in [1.82, 2.24) is 10.6 Å². The van der Waals surface area contributed by atoms with E-state index < -0.39 is 0 Å². The summed E-state index contributed by atoms with van der Waals surface area (Å²) in [5.41, 5.74) is 1.08. The topological polar surface area (TPSA) is 54.9 Å². The molecule has 1 aliphatic carbocycles. The van der Waals surface area contributed by atoms with E-state index >= 15 is 0 Å². The molecule has 5 nitrogen and oxygen atoms in total. The van der Waals surface area contributed by atoms with Crippen molar-refractivity contribution < 1.29 is 9.47 Å². The number of hydrogen-bond acceptors (Lipinski definition) is 3. The smallest absolute Gasteiger partial charge is 0.191 e. The first kappa shape index (κ1) is 15.9. The Morgan fingerprint density at radius 1 is 1.33 bits per heavy atom. The molecular weight excluding hydrogens is 334 g/mol. The number of halogens is 1. The lowest BCUT2D eigenvalue weighted by molar-refractivity contribution is 0.354. The van der Waals surface area contributed by atoms with E-state index in [2.05, 4.69) is 38.5 Å². The predicted molar refractivity (Wildman–Crippen MR) is 88.1 cm³/mol. The molecule has 0 amide bonds. The van der Waals surface area contributed by atoms with Crippen molar-refractivity contribution >= 4 is 21.9 Å². The van der Waals surface area contributed by atoms with Crippen LogP contribution in [-0.4, -0.2) is 33.3 Å². The first-order valence-corrected chi connectivity index (χ1v) is 7.76. The Labute approximate surface area is 134 Å². The summed E-state index contributed by atoms with van der Waals surface area (Å²) in [6, 6.07) is 4.42. The lowest BCUT2D eigenvalue weighted by Crippen LogP contribution is -2.38. The van der Waals surface area contributed by atoms with Crippen molar-refractivity contribution in [2.24, 2.45) is 10.9 Å². The Bertz CT molecular complexity index is 534. The van der Waals surface area contributed by atoms with Crippen molar-refractivity contribution in [3.05, 3.63) is 22.2 Å². The molecule has 2 atom stereocenters. The molecule has 1 aromatic rings. The Morgan fingerprint density at radius 3 is 2.48 bits per heavy atom. The first-order valence-electron chi connectivity index (χ1n) is 6.96. The lowest BCUT2D eigenvalue weighted by atomic mass is 10.2. The van der Waals surface area contributed by atoms with E-state index in [1.54, 1.807) is 21.3 Å². The molecule has 1 aliphatic rings. The number of rotatable bonds is 5. The first-order chi connectivity index (χ1) is 10.1. The van der Waals surface area contributed by atoms with Crippen LogP contribution >= 0.6 is 15.9 Å². The van der Waals surface area contributed by atoms with Crippen LogP contribution in [0.15, 0.2) is 21.6 Å². The molecule has 1 saturated carbocycles. The standard InChI is InChI=1S/C15H22BrN3O2/c1-9-5-12(9)19-15(17-2)18-8-10-6-13(20-3)14(21-4)7-11(10)16/h6-7,9,12H,5,8H2,1-4H3,(H2,17,18,19). The average molecular weight is 356 g/mol. The summed E-state index contributed by atoms with van der Waals surface area (Å²) >= 11 is 3.56. The zero-order valence-corrected chi connectivity index (χ0v) is 14.5. The fourth-order valence-electron chi connectivity index (χ4n) is 2.10. The third-order valence-electron chi connectivity index (χ3n) is 3.65. The average Bonchev–Trinajstić information content (AvgIpc) is 3.19. The molecule has 6 heteroatoms. The number of benzene rings is 1. The summed E-state index contributed by atoms with van der Waals surface area (Å²) in [6.45, 7) is 2.89. The molecule has 2 N–H and O–H groups in total. The zero-order valence-electron chi connectivity index (χ0n) is 12.9. The summed E-state index contributed by atoms with van der Waals surface area (Å²) in [5.74, 6) is 2.99. The Balaban J connectivity index is 2.01. The largest absolute Gasteiger partial charge is 0.493 e. The van der Waals surface area contributed by atoms with Crippen LogP contribution in [-0.2, 0) is 6.54 Å². The van der Waals surface area contributed by atoms with Crippen molar-refractivity contribution in [1.29, 1.82) is 0 Å². The number of aliphatic imine (C=N–C) groups is 1. The number of methoxy groups -OCH3 is 2. The highest BCUT2D eigenvalue weighted by Crippen LogP contribution is 2.33. The molecule has 0 spiro atoms. The van der Waals surface area contributed by atoms with Gasteiger partial charge in [-0.25, -0.2) is 0 Å². The monoisotopic (exact) mass is 355 g/mol. The Kier molecular flexibility index (Phi) is 5.33. The summed E-state index contributed by atoms with van der Waals surface area (Å²) in [7, 11) is 5.05. The molecule has 1 aromatic carbocycles. The van der Waals surface area contributed by atoms with Gasteiger partial charge in [-0.3, -0.25) is 4.99 Å². The second-order valence-electron chi connectivity index (χ2n) is 5.19. The maximum absolute atomic E-state index is 5.33. The van der Waals surface area contributed by atoms with Gasteiger partial charge in [-0.05, 0) is 30.0 Å². The highest BCUT2D eigenvalue weighted by atomic mass is 79.9. The zero-order chi connectivity index (χ0) is 15.4. The van der Waals surface area contributed by atoms with Gasteiger partial charge in [0.15, 0.2) is 17.5 Å². The summed E-state index contributed by atoms with van der Waals surface area (Å²) in [6.07, 6.45) is 1.21. The molecule has 21 heavy (non-hydrogen) atoms. The van der Waals surface area contributed by atoms with E-state index in [-0.39, 0.29) is 0 Å². The molecule has 116 valence electrons. The Morgan fingerprint density at radius 2 is 1.95 bits per heavy atom. The van der Waals surface area contributed by atoms with E-state index in [0.29, 0.717) is 18.3 Å². The van der Waals surface area contributed by atoms with Crippen LogP contribution in [0.5, 0.6) is 11.5 Å². The lowest BCUT2D eigenvalue weighted by Gasteiger charge is -2.15. The fraction of sp³-hybridized carbons (Fsp3) is 0.533. The molecular formula is C15H22BrN3O2. The summed E-state index contributed by atoms with van der Waals surface area (Å²) < 4.78 is 11.6. The van der Waals surface area contributed by atoms with Gasteiger partial charge >= 0.3 is 0 Å². The number of ether oxygens (including phenoxy) is 2. The predicted octanol–water partition coefficient (Wildman–Crippen LogP) is 2.54. The van der Waals surface area contributed by atoms with E-state index in [1.807, 2.05) is 12.1 Å². The minimum Gasteiger partial charge on any atom is -0.493 e. The van der Waals surface area contributed by atoms with E-state index in [4.69, 9.17) is 9.47 Å². The molecule has 0 heterocycles. The van der Waals surface area contributed by atoms with Crippen LogP contribution in [0.25, 0.3) is 0 Å². The van der Waals surface area contributed by atoms with Gasteiger partial charge in [-0.1, -0.05) is 22.9 Å². The maximum atomic E-state index is 5.33. The number of nitrogens with one attached hydrogen (secondary N) is 2. The van der Waals surface area contributed by atoms with Gasteiger partial charge in [0.2, 0.25) is 0 Å². The van der Waals surface area contributed by atoms with Gasteiger partial charge in [0.25, 0.3) is 0 Å². The molecule has 2 rings (SSSR count). The van der Waals surface area contributed by atoms with Gasteiger partial charge in [-0.2, -0.15) is 0 Å². The molecule has 0 saturated heterocycles. The molecule has 0 aliphatic heterocycles. The summed E-state index contributed by atoms with van der Waals surface area (Å²) in [5, 5.41) is 6.72. The normalized spacial score (nSPS) is 20.9. The number of guanidine groups is 1. The van der Waals surface area contributed by atoms with Gasteiger partial charge in [0, 0.05) is 24.1 Å². The van der Waals surface area contributed by atoms with Gasteiger partial charge in [0.1, 0.15) is 0 Å². The molecule has 2 unspecified atom stereocenters. The van der Waals surface area contributed by atoms with Gasteiger partial charge in [-0.15, -0.1) is 0 Å². The highest BCUT2D eigenvalue weighted by molar-refractivity contribution is 9.10. The molecule has 0 radical (unpaired) electrons.